The fraction of sp³-hybridized carbons (Fsp3) is 0.417. The van der Waals surface area contributed by atoms with Crippen molar-refractivity contribution in [1.29, 1.82) is 0 Å². The topological polar surface area (TPSA) is 109 Å². The Hall–Kier alpha value is -1.67. The van der Waals surface area contributed by atoms with E-state index in [9.17, 15) is 17.6 Å². The highest BCUT2D eigenvalue weighted by atomic mass is 32.2. The molecule has 1 aromatic rings. The van der Waals surface area contributed by atoms with Gasteiger partial charge < -0.3 is 10.4 Å². The third-order valence-electron chi connectivity index (χ3n) is 2.60. The number of carboxylic acids is 1. The molecule has 0 aliphatic heterocycles. The summed E-state index contributed by atoms with van der Waals surface area (Å²) in [4.78, 5) is 10.7. The minimum atomic E-state index is -3.99. The number of nitrogens with two attached hydrogens (primary N) is 1. The van der Waals surface area contributed by atoms with E-state index in [-0.39, 0.29) is 16.5 Å². The third-order valence-corrected chi connectivity index (χ3v) is 3.52. The molecule has 1 aromatic carbocycles. The Bertz CT molecular complexity index is 601. The molecule has 1 atom stereocenters. The van der Waals surface area contributed by atoms with E-state index >= 15 is 0 Å². The summed E-state index contributed by atoms with van der Waals surface area (Å²) in [6.45, 7) is 3.69. The summed E-state index contributed by atoms with van der Waals surface area (Å²) in [5.74, 6) is -1.87. The van der Waals surface area contributed by atoms with Gasteiger partial charge in [0.25, 0.3) is 0 Å². The normalized spacial score (nSPS) is 13.2. The minimum Gasteiger partial charge on any atom is -0.480 e. The highest BCUT2D eigenvalue weighted by Crippen LogP contribution is 2.20. The van der Waals surface area contributed by atoms with Crippen molar-refractivity contribution in [2.75, 3.05) is 5.32 Å². The Balaban J connectivity index is 3.00. The van der Waals surface area contributed by atoms with E-state index in [1.54, 1.807) is 0 Å². The lowest BCUT2D eigenvalue weighted by molar-refractivity contribution is -0.138. The van der Waals surface area contributed by atoms with Crippen LogP contribution in [0.25, 0.3) is 0 Å². The van der Waals surface area contributed by atoms with Crippen LogP contribution in [0.1, 0.15) is 20.3 Å². The van der Waals surface area contributed by atoms with Crippen molar-refractivity contribution in [2.24, 2.45) is 11.1 Å². The van der Waals surface area contributed by atoms with Crippen LogP contribution in [0.15, 0.2) is 23.1 Å². The molecule has 0 bridgehead atoms. The number of nitrogens with one attached hydrogen (secondary N) is 1. The number of primary sulfonamides is 1. The molecule has 1 rings (SSSR count). The molecule has 0 aliphatic rings. The van der Waals surface area contributed by atoms with Gasteiger partial charge >= 0.3 is 5.97 Å². The maximum atomic E-state index is 13.8. The predicted molar refractivity (Wildman–Crippen MR) is 72.3 cm³/mol. The molecular weight excluding hydrogens is 287 g/mol. The van der Waals surface area contributed by atoms with Gasteiger partial charge in [-0.25, -0.2) is 22.7 Å². The van der Waals surface area contributed by atoms with E-state index in [0.717, 1.165) is 18.2 Å². The zero-order valence-electron chi connectivity index (χ0n) is 11.1. The lowest BCUT2D eigenvalue weighted by Gasteiger charge is -2.18. The van der Waals surface area contributed by atoms with E-state index in [1.807, 2.05) is 13.8 Å². The van der Waals surface area contributed by atoms with Gasteiger partial charge in [-0.15, -0.1) is 0 Å². The van der Waals surface area contributed by atoms with Crippen molar-refractivity contribution in [3.63, 3.8) is 0 Å². The summed E-state index contributed by atoms with van der Waals surface area (Å²) in [7, 11) is -3.99. The SMILES string of the molecule is CC(C)CC(Nc1ccc(S(N)(=O)=O)cc1F)C(=O)O. The van der Waals surface area contributed by atoms with Crippen LogP contribution < -0.4 is 10.5 Å². The first-order chi connectivity index (χ1) is 9.11. The second kappa shape index (κ2) is 6.19. The van der Waals surface area contributed by atoms with Gasteiger partial charge in [0.1, 0.15) is 11.9 Å². The summed E-state index contributed by atoms with van der Waals surface area (Å²) in [5.41, 5.74) is -0.0783. The van der Waals surface area contributed by atoms with Gasteiger partial charge in [0.2, 0.25) is 10.0 Å². The van der Waals surface area contributed by atoms with E-state index in [0.29, 0.717) is 6.42 Å². The van der Waals surface area contributed by atoms with Crippen molar-refractivity contribution >= 4 is 21.7 Å². The summed E-state index contributed by atoms with van der Waals surface area (Å²) < 4.78 is 35.9. The Morgan fingerprint density at radius 1 is 1.45 bits per heavy atom. The Morgan fingerprint density at radius 3 is 2.45 bits per heavy atom. The third kappa shape index (κ3) is 4.46. The molecule has 112 valence electrons. The summed E-state index contributed by atoms with van der Waals surface area (Å²) >= 11 is 0. The van der Waals surface area contributed by atoms with Gasteiger partial charge in [-0.1, -0.05) is 13.8 Å². The number of sulfonamides is 1. The Kier molecular flexibility index (Phi) is 5.07. The number of benzene rings is 1. The maximum absolute atomic E-state index is 13.8. The molecule has 1 unspecified atom stereocenters. The quantitative estimate of drug-likeness (QED) is 0.735. The van der Waals surface area contributed by atoms with Crippen molar-refractivity contribution in [2.45, 2.75) is 31.2 Å². The summed E-state index contributed by atoms with van der Waals surface area (Å²) in [6.07, 6.45) is 0.311. The van der Waals surface area contributed by atoms with Gasteiger partial charge in [-0.05, 0) is 30.5 Å². The van der Waals surface area contributed by atoms with Gasteiger partial charge in [-0.2, -0.15) is 0 Å². The van der Waals surface area contributed by atoms with E-state index < -0.39 is 27.9 Å². The molecule has 0 radical (unpaired) electrons. The monoisotopic (exact) mass is 304 g/mol. The lowest BCUT2D eigenvalue weighted by Crippen LogP contribution is -2.31. The summed E-state index contributed by atoms with van der Waals surface area (Å²) in [5, 5.41) is 16.5. The highest BCUT2D eigenvalue weighted by Gasteiger charge is 2.20. The number of hydrogen-bond donors (Lipinski definition) is 3. The number of carbonyl (C=O) groups is 1. The van der Waals surface area contributed by atoms with Crippen molar-refractivity contribution in [3.8, 4) is 0 Å². The molecule has 0 aromatic heterocycles. The van der Waals surface area contributed by atoms with Crippen LogP contribution in [0.2, 0.25) is 0 Å². The first kappa shape index (κ1) is 16.4. The van der Waals surface area contributed by atoms with Gasteiger partial charge in [0, 0.05) is 0 Å². The maximum Gasteiger partial charge on any atom is 0.326 e. The van der Waals surface area contributed by atoms with Crippen LogP contribution in [0, 0.1) is 11.7 Å². The number of anilines is 1. The molecule has 0 amide bonds. The average molecular weight is 304 g/mol. The largest absolute Gasteiger partial charge is 0.480 e. The van der Waals surface area contributed by atoms with E-state index in [1.165, 1.54) is 0 Å². The van der Waals surface area contributed by atoms with Crippen LogP contribution in [0.3, 0.4) is 0 Å². The van der Waals surface area contributed by atoms with Crippen LogP contribution in [-0.4, -0.2) is 25.5 Å². The van der Waals surface area contributed by atoms with Gasteiger partial charge in [0.05, 0.1) is 10.6 Å². The fourth-order valence-electron chi connectivity index (χ4n) is 1.67. The first-order valence-corrected chi connectivity index (χ1v) is 7.47. The fourth-order valence-corrected chi connectivity index (χ4v) is 2.20. The molecule has 6 nitrogen and oxygen atoms in total. The molecule has 0 fully saturated rings. The van der Waals surface area contributed by atoms with Crippen LogP contribution in [0.5, 0.6) is 0 Å². The highest BCUT2D eigenvalue weighted by molar-refractivity contribution is 7.89. The number of carboxylic acid groups (broad SMARTS) is 1. The molecule has 0 aliphatic carbocycles. The van der Waals surface area contributed by atoms with Crippen molar-refractivity contribution in [1.82, 2.24) is 0 Å². The molecular formula is C12H17FN2O4S. The van der Waals surface area contributed by atoms with E-state index in [4.69, 9.17) is 10.2 Å². The van der Waals surface area contributed by atoms with Crippen LogP contribution in [-0.2, 0) is 14.8 Å². The summed E-state index contributed by atoms with van der Waals surface area (Å²) in [6, 6.07) is 2.08. The minimum absolute atomic E-state index is 0.0783. The van der Waals surface area contributed by atoms with Crippen LogP contribution in [0.4, 0.5) is 10.1 Å². The van der Waals surface area contributed by atoms with Gasteiger partial charge in [0.15, 0.2) is 0 Å². The standard InChI is InChI=1S/C12H17FN2O4S/c1-7(2)5-11(12(16)17)15-10-4-3-8(6-9(10)13)20(14,18)19/h3-4,6-7,11,15H,5H2,1-2H3,(H,16,17)(H2,14,18,19). The Labute approximate surface area is 116 Å². The zero-order valence-corrected chi connectivity index (χ0v) is 11.9. The number of aliphatic carboxylic acids is 1. The molecule has 8 heteroatoms. The molecule has 0 spiro atoms. The molecule has 20 heavy (non-hydrogen) atoms. The number of hydrogen-bond acceptors (Lipinski definition) is 4. The zero-order chi connectivity index (χ0) is 15.5. The average Bonchev–Trinajstić information content (AvgIpc) is 2.28. The van der Waals surface area contributed by atoms with E-state index in [2.05, 4.69) is 5.32 Å². The molecule has 4 N–H and O–H groups in total. The van der Waals surface area contributed by atoms with Crippen LogP contribution >= 0.6 is 0 Å². The molecule has 0 heterocycles. The Morgan fingerprint density at radius 2 is 2.05 bits per heavy atom. The lowest BCUT2D eigenvalue weighted by atomic mass is 10.0. The second-order valence-electron chi connectivity index (χ2n) is 4.85. The van der Waals surface area contributed by atoms with Gasteiger partial charge in [-0.3, -0.25) is 0 Å². The molecule has 0 saturated heterocycles. The number of halogens is 1. The number of rotatable bonds is 6. The first-order valence-electron chi connectivity index (χ1n) is 5.93. The second-order valence-corrected chi connectivity index (χ2v) is 6.41. The van der Waals surface area contributed by atoms with Crippen molar-refractivity contribution in [3.05, 3.63) is 24.0 Å². The molecule has 0 saturated carbocycles. The smallest absolute Gasteiger partial charge is 0.326 e. The van der Waals surface area contributed by atoms with Crippen molar-refractivity contribution < 1.29 is 22.7 Å². The predicted octanol–water partition coefficient (Wildman–Crippen LogP) is 1.38.